The van der Waals surface area contributed by atoms with Crippen molar-refractivity contribution in [2.45, 2.75) is 19.5 Å². The number of fused-ring (bicyclic) bond motifs is 1. The molecule has 0 bridgehead atoms. The van der Waals surface area contributed by atoms with E-state index in [0.29, 0.717) is 17.1 Å². The van der Waals surface area contributed by atoms with E-state index < -0.39 is 11.6 Å². The van der Waals surface area contributed by atoms with Gasteiger partial charge in [0.05, 0.1) is 7.11 Å². The second-order valence-electron chi connectivity index (χ2n) is 4.01. The number of ether oxygens (including phenoxy) is 3. The summed E-state index contributed by atoms with van der Waals surface area (Å²) in [6.45, 7) is 2.99. The SMILES string of the molecule is COC(=O)C(C)(F)c1cc2c(cc1C)OCO2. The van der Waals surface area contributed by atoms with Crippen LogP contribution in [-0.4, -0.2) is 19.9 Å². The number of halogens is 1. The highest BCUT2D eigenvalue weighted by molar-refractivity contribution is 5.81. The lowest BCUT2D eigenvalue weighted by Gasteiger charge is -2.20. The van der Waals surface area contributed by atoms with Crippen molar-refractivity contribution in [3.63, 3.8) is 0 Å². The van der Waals surface area contributed by atoms with Crippen molar-refractivity contribution in [2.24, 2.45) is 0 Å². The summed E-state index contributed by atoms with van der Waals surface area (Å²) in [6.07, 6.45) is 0. The molecule has 1 heterocycles. The predicted molar refractivity (Wildman–Crippen MR) is 57.8 cm³/mol. The number of hydrogen-bond donors (Lipinski definition) is 0. The monoisotopic (exact) mass is 240 g/mol. The molecule has 0 radical (unpaired) electrons. The molecular formula is C12H13FO4. The van der Waals surface area contributed by atoms with Crippen molar-refractivity contribution >= 4 is 5.97 Å². The first-order valence-corrected chi connectivity index (χ1v) is 5.15. The molecule has 0 spiro atoms. The maximum Gasteiger partial charge on any atom is 0.348 e. The third kappa shape index (κ3) is 1.81. The van der Waals surface area contributed by atoms with E-state index in [4.69, 9.17) is 9.47 Å². The zero-order chi connectivity index (χ0) is 12.6. The number of alkyl halides is 1. The zero-order valence-electron chi connectivity index (χ0n) is 9.87. The topological polar surface area (TPSA) is 44.8 Å². The molecule has 4 nitrogen and oxygen atoms in total. The molecule has 1 aliphatic heterocycles. The Balaban J connectivity index is 2.49. The minimum Gasteiger partial charge on any atom is -0.466 e. The summed E-state index contributed by atoms with van der Waals surface area (Å²) in [7, 11) is 1.16. The lowest BCUT2D eigenvalue weighted by molar-refractivity contribution is -0.154. The van der Waals surface area contributed by atoms with Crippen LogP contribution in [0.1, 0.15) is 18.1 Å². The lowest BCUT2D eigenvalue weighted by atomic mass is 9.93. The predicted octanol–water partition coefficient (Wildman–Crippen LogP) is 2.08. The van der Waals surface area contributed by atoms with Gasteiger partial charge in [-0.2, -0.15) is 0 Å². The summed E-state index contributed by atoms with van der Waals surface area (Å²) < 4.78 is 29.2. The summed E-state index contributed by atoms with van der Waals surface area (Å²) in [5, 5.41) is 0. The first kappa shape index (κ1) is 11.7. The standard InChI is InChI=1S/C12H13FO4/c1-7-4-9-10(17-6-16-9)5-8(7)12(2,13)11(14)15-3/h4-5H,6H2,1-3H3. The number of rotatable bonds is 2. The summed E-state index contributed by atoms with van der Waals surface area (Å²) >= 11 is 0. The fourth-order valence-corrected chi connectivity index (χ4v) is 1.85. The van der Waals surface area contributed by atoms with Gasteiger partial charge in [0.25, 0.3) is 0 Å². The number of hydrogen-bond acceptors (Lipinski definition) is 4. The molecule has 17 heavy (non-hydrogen) atoms. The molecule has 1 aromatic carbocycles. The maximum atomic E-state index is 14.4. The summed E-state index contributed by atoms with van der Waals surface area (Å²) in [6, 6.07) is 3.13. The van der Waals surface area contributed by atoms with Gasteiger partial charge in [0.2, 0.25) is 12.5 Å². The molecule has 0 aliphatic carbocycles. The molecule has 0 amide bonds. The van der Waals surface area contributed by atoms with Crippen molar-refractivity contribution in [1.82, 2.24) is 0 Å². The third-order valence-electron chi connectivity index (χ3n) is 2.79. The Kier molecular flexibility index (Phi) is 2.69. The summed E-state index contributed by atoms with van der Waals surface area (Å²) in [5.74, 6) is 0.0739. The van der Waals surface area contributed by atoms with Crippen LogP contribution in [0.3, 0.4) is 0 Å². The van der Waals surface area contributed by atoms with Gasteiger partial charge in [-0.15, -0.1) is 0 Å². The van der Waals surface area contributed by atoms with Gasteiger partial charge in [0, 0.05) is 5.56 Å². The van der Waals surface area contributed by atoms with Crippen molar-refractivity contribution in [3.05, 3.63) is 23.3 Å². The summed E-state index contributed by atoms with van der Waals surface area (Å²) in [4.78, 5) is 11.4. The van der Waals surface area contributed by atoms with Crippen LogP contribution in [0.4, 0.5) is 4.39 Å². The molecule has 1 aromatic rings. The Morgan fingerprint density at radius 1 is 1.41 bits per heavy atom. The normalized spacial score (nSPS) is 16.5. The Labute approximate surface area is 98.3 Å². The average Bonchev–Trinajstić information content (AvgIpc) is 2.73. The van der Waals surface area contributed by atoms with Crippen molar-refractivity contribution in [1.29, 1.82) is 0 Å². The van der Waals surface area contributed by atoms with Crippen molar-refractivity contribution in [2.75, 3.05) is 13.9 Å². The van der Waals surface area contributed by atoms with E-state index in [9.17, 15) is 9.18 Å². The van der Waals surface area contributed by atoms with Gasteiger partial charge in [0.15, 0.2) is 11.5 Å². The molecule has 92 valence electrons. The van der Waals surface area contributed by atoms with E-state index in [1.807, 2.05) is 0 Å². The van der Waals surface area contributed by atoms with Crippen LogP contribution in [0, 0.1) is 6.92 Å². The molecule has 2 rings (SSSR count). The van der Waals surface area contributed by atoms with Crippen LogP contribution in [0.15, 0.2) is 12.1 Å². The second-order valence-corrected chi connectivity index (χ2v) is 4.01. The highest BCUT2D eigenvalue weighted by Gasteiger charge is 2.39. The van der Waals surface area contributed by atoms with E-state index in [2.05, 4.69) is 4.74 Å². The summed E-state index contributed by atoms with van der Waals surface area (Å²) in [5.41, 5.74) is -1.35. The van der Waals surface area contributed by atoms with Crippen molar-refractivity contribution in [3.8, 4) is 11.5 Å². The number of aryl methyl sites for hydroxylation is 1. The second kappa shape index (κ2) is 3.91. The van der Waals surface area contributed by atoms with E-state index in [-0.39, 0.29) is 12.4 Å². The number of benzene rings is 1. The van der Waals surface area contributed by atoms with Gasteiger partial charge in [0.1, 0.15) is 0 Å². The molecule has 0 fully saturated rings. The fraction of sp³-hybridized carbons (Fsp3) is 0.417. The largest absolute Gasteiger partial charge is 0.466 e. The Hall–Kier alpha value is -1.78. The van der Waals surface area contributed by atoms with Crippen molar-refractivity contribution < 1.29 is 23.4 Å². The van der Waals surface area contributed by atoms with E-state index in [1.165, 1.54) is 13.0 Å². The highest BCUT2D eigenvalue weighted by atomic mass is 19.1. The smallest absolute Gasteiger partial charge is 0.348 e. The van der Waals surface area contributed by atoms with E-state index in [1.54, 1.807) is 13.0 Å². The van der Waals surface area contributed by atoms with Crippen LogP contribution < -0.4 is 9.47 Å². The van der Waals surface area contributed by atoms with E-state index >= 15 is 0 Å². The van der Waals surface area contributed by atoms with Gasteiger partial charge < -0.3 is 14.2 Å². The van der Waals surface area contributed by atoms with Crippen LogP contribution >= 0.6 is 0 Å². The number of carbonyl (C=O) groups is 1. The van der Waals surface area contributed by atoms with Crippen LogP contribution in [-0.2, 0) is 15.2 Å². The molecule has 0 aromatic heterocycles. The highest BCUT2D eigenvalue weighted by Crippen LogP contribution is 2.39. The minimum atomic E-state index is -2.19. The number of methoxy groups -OCH3 is 1. The molecule has 1 atom stereocenters. The molecular weight excluding hydrogens is 227 g/mol. The van der Waals surface area contributed by atoms with Gasteiger partial charge in [-0.25, -0.2) is 9.18 Å². The van der Waals surface area contributed by atoms with Gasteiger partial charge >= 0.3 is 5.97 Å². The molecule has 5 heteroatoms. The van der Waals surface area contributed by atoms with Crippen LogP contribution in [0.2, 0.25) is 0 Å². The van der Waals surface area contributed by atoms with Gasteiger partial charge in [-0.1, -0.05) is 0 Å². The Morgan fingerprint density at radius 2 is 2.00 bits per heavy atom. The lowest BCUT2D eigenvalue weighted by Crippen LogP contribution is -2.29. The van der Waals surface area contributed by atoms with Gasteiger partial charge in [-0.05, 0) is 31.5 Å². The molecule has 0 saturated carbocycles. The average molecular weight is 240 g/mol. The third-order valence-corrected chi connectivity index (χ3v) is 2.79. The Morgan fingerprint density at radius 3 is 2.59 bits per heavy atom. The minimum absolute atomic E-state index is 0.111. The van der Waals surface area contributed by atoms with E-state index in [0.717, 1.165) is 7.11 Å². The number of carbonyl (C=O) groups excluding carboxylic acids is 1. The number of esters is 1. The molecule has 0 N–H and O–H groups in total. The van der Waals surface area contributed by atoms with Crippen LogP contribution in [0.25, 0.3) is 0 Å². The van der Waals surface area contributed by atoms with Gasteiger partial charge in [-0.3, -0.25) is 0 Å². The zero-order valence-corrected chi connectivity index (χ0v) is 9.87. The molecule has 0 saturated heterocycles. The fourth-order valence-electron chi connectivity index (χ4n) is 1.85. The first-order valence-electron chi connectivity index (χ1n) is 5.15. The first-order chi connectivity index (χ1) is 7.96. The quantitative estimate of drug-likeness (QED) is 0.742. The maximum absolute atomic E-state index is 14.4. The molecule has 1 aliphatic rings. The Bertz CT molecular complexity index is 468. The van der Waals surface area contributed by atoms with Crippen LogP contribution in [0.5, 0.6) is 11.5 Å². The molecule has 1 unspecified atom stereocenters.